The molecule has 0 fully saturated rings. The second-order valence-electron chi connectivity index (χ2n) is 12.6. The normalized spacial score (nSPS) is 12.9. The Morgan fingerprint density at radius 3 is 2.06 bits per heavy atom. The van der Waals surface area contributed by atoms with Gasteiger partial charge in [0.15, 0.2) is 5.76 Å². The van der Waals surface area contributed by atoms with Gasteiger partial charge in [-0.25, -0.2) is 0 Å². The maximum atomic E-state index is 13.1. The van der Waals surface area contributed by atoms with E-state index in [1.165, 1.54) is 17.7 Å². The van der Waals surface area contributed by atoms with Gasteiger partial charge in [0.25, 0.3) is 16.0 Å². The number of nitrogens with one attached hydrogen (secondary N) is 1. The van der Waals surface area contributed by atoms with Gasteiger partial charge in [0, 0.05) is 29.7 Å². The Morgan fingerprint density at radius 1 is 0.833 bits per heavy atom. The standard InChI is InChI=1S/C37H35F3N2O5S/c1-36(2,3)30-15-13-26(14-16-30)32(21-24-7-9-27(10-8-24)35(43)41-19-20-48(44,45)46)33-23-34(47-42-33)29-6-4-5-28(22-29)25-11-17-31(18-12-25)37(38,39)40/h4-18,22-23,32H,19-21H2,1-3H3,(H,41,43)(H,44,45,46). The van der Waals surface area contributed by atoms with Crippen LogP contribution in [0.4, 0.5) is 13.2 Å². The van der Waals surface area contributed by atoms with Crippen LogP contribution in [0.1, 0.15) is 65.0 Å². The van der Waals surface area contributed by atoms with E-state index in [0.29, 0.717) is 29.0 Å². The third-order valence-electron chi connectivity index (χ3n) is 8.06. The molecule has 0 bridgehead atoms. The first-order chi connectivity index (χ1) is 22.6. The molecule has 0 saturated carbocycles. The van der Waals surface area contributed by atoms with Crippen molar-refractivity contribution in [1.29, 1.82) is 0 Å². The summed E-state index contributed by atoms with van der Waals surface area (Å²) in [7, 11) is -4.19. The number of nitrogens with zero attached hydrogens (tertiary/aromatic N) is 1. The Labute approximate surface area is 277 Å². The van der Waals surface area contributed by atoms with Crippen molar-refractivity contribution in [3.8, 4) is 22.5 Å². The fourth-order valence-corrected chi connectivity index (χ4v) is 5.68. The average Bonchev–Trinajstić information content (AvgIpc) is 3.53. The zero-order valence-electron chi connectivity index (χ0n) is 26.6. The summed E-state index contributed by atoms with van der Waals surface area (Å²) in [5.74, 6) is -0.749. The minimum atomic E-state index is -4.41. The summed E-state index contributed by atoms with van der Waals surface area (Å²) in [6.45, 7) is 6.21. The van der Waals surface area contributed by atoms with Gasteiger partial charge in [0.2, 0.25) is 0 Å². The summed E-state index contributed by atoms with van der Waals surface area (Å²) in [6.07, 6.45) is -3.89. The van der Waals surface area contributed by atoms with Crippen molar-refractivity contribution in [3.63, 3.8) is 0 Å². The Balaban J connectivity index is 1.41. The van der Waals surface area contributed by atoms with E-state index in [0.717, 1.165) is 34.4 Å². The van der Waals surface area contributed by atoms with Crippen LogP contribution in [0.2, 0.25) is 0 Å². The molecule has 1 aromatic heterocycles. The van der Waals surface area contributed by atoms with Gasteiger partial charge in [-0.1, -0.05) is 92.7 Å². The van der Waals surface area contributed by atoms with E-state index in [1.54, 1.807) is 12.1 Å². The summed E-state index contributed by atoms with van der Waals surface area (Å²) in [5.41, 5.74) is 5.47. The van der Waals surface area contributed by atoms with Crippen LogP contribution in [-0.4, -0.2) is 36.3 Å². The highest BCUT2D eigenvalue weighted by molar-refractivity contribution is 7.85. The molecule has 11 heteroatoms. The minimum absolute atomic E-state index is 0.0368. The fourth-order valence-electron chi connectivity index (χ4n) is 5.32. The van der Waals surface area contributed by atoms with Gasteiger partial charge in [0.1, 0.15) is 0 Å². The first-order valence-corrected chi connectivity index (χ1v) is 16.9. The van der Waals surface area contributed by atoms with Crippen LogP contribution in [0.15, 0.2) is 108 Å². The van der Waals surface area contributed by atoms with Crippen LogP contribution in [0.25, 0.3) is 22.5 Å². The predicted octanol–water partition coefficient (Wildman–Crippen LogP) is 8.32. The molecule has 0 spiro atoms. The molecular formula is C37H35F3N2O5S. The zero-order chi connectivity index (χ0) is 34.7. The number of carbonyl (C=O) groups excluding carboxylic acids is 1. The third-order valence-corrected chi connectivity index (χ3v) is 8.78. The minimum Gasteiger partial charge on any atom is -0.356 e. The summed E-state index contributed by atoms with van der Waals surface area (Å²) >= 11 is 0. The highest BCUT2D eigenvalue weighted by Crippen LogP contribution is 2.35. The molecule has 4 aromatic carbocycles. The number of aromatic nitrogens is 1. The van der Waals surface area contributed by atoms with Crippen LogP contribution in [0.5, 0.6) is 0 Å². The smallest absolute Gasteiger partial charge is 0.356 e. The maximum Gasteiger partial charge on any atom is 0.416 e. The van der Waals surface area contributed by atoms with E-state index in [2.05, 4.69) is 55.5 Å². The van der Waals surface area contributed by atoms with Crippen molar-refractivity contribution in [2.75, 3.05) is 12.3 Å². The molecule has 7 nitrogen and oxygen atoms in total. The number of rotatable bonds is 10. The predicted molar refractivity (Wildman–Crippen MR) is 178 cm³/mol. The van der Waals surface area contributed by atoms with Crippen molar-refractivity contribution < 1.29 is 35.5 Å². The van der Waals surface area contributed by atoms with E-state index >= 15 is 0 Å². The number of benzene rings is 4. The largest absolute Gasteiger partial charge is 0.416 e. The van der Waals surface area contributed by atoms with Gasteiger partial charge in [-0.15, -0.1) is 0 Å². The lowest BCUT2D eigenvalue weighted by molar-refractivity contribution is -0.137. The molecule has 2 N–H and O–H groups in total. The Bertz CT molecular complexity index is 1980. The highest BCUT2D eigenvalue weighted by Gasteiger charge is 2.30. The van der Waals surface area contributed by atoms with Crippen molar-refractivity contribution in [2.45, 2.75) is 44.7 Å². The van der Waals surface area contributed by atoms with Crippen LogP contribution < -0.4 is 5.32 Å². The Morgan fingerprint density at radius 2 is 1.46 bits per heavy atom. The van der Waals surface area contributed by atoms with Crippen LogP contribution >= 0.6 is 0 Å². The van der Waals surface area contributed by atoms with Crippen molar-refractivity contribution in [2.24, 2.45) is 0 Å². The SMILES string of the molecule is CC(C)(C)c1ccc(C(Cc2ccc(C(=O)NCCS(=O)(=O)O)cc2)c2cc(-c3cccc(-c4ccc(C(F)(F)F)cc4)c3)on2)cc1. The van der Waals surface area contributed by atoms with Crippen LogP contribution in [-0.2, 0) is 28.1 Å². The zero-order valence-corrected chi connectivity index (χ0v) is 27.4. The summed E-state index contributed by atoms with van der Waals surface area (Å²) < 4.78 is 75.8. The van der Waals surface area contributed by atoms with Gasteiger partial charge in [0.05, 0.1) is 17.0 Å². The maximum absolute atomic E-state index is 13.1. The number of alkyl halides is 3. The number of carbonyl (C=O) groups is 1. The number of hydrogen-bond donors (Lipinski definition) is 2. The Hall–Kier alpha value is -4.74. The second-order valence-corrected chi connectivity index (χ2v) is 14.2. The van der Waals surface area contributed by atoms with Gasteiger partial charge in [-0.3, -0.25) is 9.35 Å². The van der Waals surface area contributed by atoms with Crippen LogP contribution in [0, 0.1) is 0 Å². The van der Waals surface area contributed by atoms with Gasteiger partial charge in [-0.2, -0.15) is 21.6 Å². The quantitative estimate of drug-likeness (QED) is 0.144. The highest BCUT2D eigenvalue weighted by atomic mass is 32.2. The molecule has 0 saturated heterocycles. The molecule has 1 unspecified atom stereocenters. The molecule has 0 aliphatic rings. The van der Waals surface area contributed by atoms with E-state index in [9.17, 15) is 26.4 Å². The van der Waals surface area contributed by atoms with Gasteiger partial charge in [-0.05, 0) is 70.0 Å². The number of hydrogen-bond acceptors (Lipinski definition) is 5. The molecule has 48 heavy (non-hydrogen) atoms. The second kappa shape index (κ2) is 13.8. The lowest BCUT2D eigenvalue weighted by Crippen LogP contribution is -2.28. The molecule has 5 aromatic rings. The molecular weight excluding hydrogens is 641 g/mol. The van der Waals surface area contributed by atoms with Gasteiger partial charge < -0.3 is 9.84 Å². The molecule has 1 atom stereocenters. The fraction of sp³-hybridized carbons (Fsp3) is 0.243. The molecule has 5 rings (SSSR count). The first kappa shape index (κ1) is 34.6. The molecule has 250 valence electrons. The lowest BCUT2D eigenvalue weighted by atomic mass is 9.83. The van der Waals surface area contributed by atoms with E-state index in [-0.39, 0.29) is 17.9 Å². The van der Waals surface area contributed by atoms with Crippen LogP contribution in [0.3, 0.4) is 0 Å². The van der Waals surface area contributed by atoms with E-state index in [1.807, 2.05) is 42.5 Å². The number of amides is 1. The van der Waals surface area contributed by atoms with E-state index in [4.69, 9.17) is 9.08 Å². The van der Waals surface area contributed by atoms with E-state index < -0.39 is 33.5 Å². The summed E-state index contributed by atoms with van der Waals surface area (Å²) in [4.78, 5) is 12.5. The van der Waals surface area contributed by atoms with Crippen molar-refractivity contribution in [3.05, 3.63) is 137 Å². The first-order valence-electron chi connectivity index (χ1n) is 15.2. The van der Waals surface area contributed by atoms with Gasteiger partial charge >= 0.3 is 6.18 Å². The number of halogens is 3. The molecule has 0 aliphatic carbocycles. The topological polar surface area (TPSA) is 110 Å². The van der Waals surface area contributed by atoms with Crippen molar-refractivity contribution in [1.82, 2.24) is 10.5 Å². The molecule has 0 radical (unpaired) electrons. The monoisotopic (exact) mass is 676 g/mol. The Kier molecular flexibility index (Phi) is 9.93. The third kappa shape index (κ3) is 8.78. The summed E-state index contributed by atoms with van der Waals surface area (Å²) in [5, 5.41) is 6.92. The average molecular weight is 677 g/mol. The van der Waals surface area contributed by atoms with Crippen molar-refractivity contribution >= 4 is 16.0 Å². The molecule has 1 heterocycles. The molecule has 0 aliphatic heterocycles. The molecule has 1 amide bonds. The summed E-state index contributed by atoms with van der Waals surface area (Å²) in [6, 6.07) is 29.5. The lowest BCUT2D eigenvalue weighted by Gasteiger charge is -2.21.